The number of ketones is 1. The van der Waals surface area contributed by atoms with E-state index in [1.807, 2.05) is 6.07 Å². The smallest absolute Gasteiger partial charge is 0.145 e. The average Bonchev–Trinajstić information content (AvgIpc) is 2.51. The lowest BCUT2D eigenvalue weighted by Gasteiger charge is -2.56. The zero-order valence-electron chi connectivity index (χ0n) is 16.3. The number of hydrogen-bond acceptors (Lipinski definition) is 2. The van der Waals surface area contributed by atoms with Crippen LogP contribution in [0.5, 0.6) is 0 Å². The quantitative estimate of drug-likeness (QED) is 0.600. The van der Waals surface area contributed by atoms with Gasteiger partial charge in [0.15, 0.2) is 0 Å². The zero-order valence-corrected chi connectivity index (χ0v) is 17.8. The van der Waals surface area contributed by atoms with Crippen molar-refractivity contribution in [2.75, 3.05) is 0 Å². The summed E-state index contributed by atoms with van der Waals surface area (Å²) in [6, 6.07) is 6.06. The summed E-state index contributed by atoms with van der Waals surface area (Å²) in [5, 5.41) is 0.771. The fourth-order valence-corrected chi connectivity index (χ4v) is 7.04. The molecule has 4 bridgehead atoms. The maximum absolute atomic E-state index is 13.5. The maximum atomic E-state index is 13.5. The SMILES string of the molecule is CC1(C)Cc2cc(Cl)ccc2C(CC(=O)C23CC4CC(CC(C4)C2)C3)=N1.Cl. The molecule has 0 saturated heterocycles. The first kappa shape index (κ1) is 19.5. The van der Waals surface area contributed by atoms with E-state index in [4.69, 9.17) is 16.6 Å². The van der Waals surface area contributed by atoms with Crippen molar-refractivity contribution < 1.29 is 4.79 Å². The van der Waals surface area contributed by atoms with Crippen LogP contribution in [0, 0.1) is 23.2 Å². The van der Waals surface area contributed by atoms with Crippen molar-refractivity contribution in [3.63, 3.8) is 0 Å². The summed E-state index contributed by atoms with van der Waals surface area (Å²) in [4.78, 5) is 18.6. The van der Waals surface area contributed by atoms with Crippen molar-refractivity contribution >= 4 is 35.5 Å². The van der Waals surface area contributed by atoms with Crippen molar-refractivity contribution in [2.24, 2.45) is 28.2 Å². The second kappa shape index (κ2) is 6.59. The van der Waals surface area contributed by atoms with Gasteiger partial charge < -0.3 is 0 Å². The highest BCUT2D eigenvalue weighted by atomic mass is 35.5. The van der Waals surface area contributed by atoms with Gasteiger partial charge in [-0.2, -0.15) is 0 Å². The van der Waals surface area contributed by atoms with E-state index in [9.17, 15) is 4.79 Å². The van der Waals surface area contributed by atoms with E-state index in [0.29, 0.717) is 12.2 Å². The van der Waals surface area contributed by atoms with Crippen molar-refractivity contribution in [3.05, 3.63) is 34.3 Å². The molecule has 0 unspecified atom stereocenters. The number of hydrogen-bond donors (Lipinski definition) is 0. The van der Waals surface area contributed by atoms with Crippen LogP contribution < -0.4 is 0 Å². The molecule has 1 aliphatic heterocycles. The molecule has 0 radical (unpaired) electrons. The fraction of sp³-hybridized carbons (Fsp3) is 0.652. The third kappa shape index (κ3) is 3.38. The van der Waals surface area contributed by atoms with Gasteiger partial charge in [-0.1, -0.05) is 17.7 Å². The van der Waals surface area contributed by atoms with Crippen LogP contribution in [0.1, 0.15) is 69.9 Å². The molecule has 5 aliphatic rings. The molecular weight excluding hydrogens is 377 g/mol. The first-order valence-electron chi connectivity index (χ1n) is 10.2. The topological polar surface area (TPSA) is 29.4 Å². The van der Waals surface area contributed by atoms with Gasteiger partial charge in [0.2, 0.25) is 0 Å². The summed E-state index contributed by atoms with van der Waals surface area (Å²) in [6.07, 6.45) is 8.94. The Labute approximate surface area is 173 Å². The minimum atomic E-state index is -0.158. The Morgan fingerprint density at radius 2 is 1.70 bits per heavy atom. The van der Waals surface area contributed by atoms with Gasteiger partial charge >= 0.3 is 0 Å². The summed E-state index contributed by atoms with van der Waals surface area (Å²) in [6.45, 7) is 4.32. The number of fused-ring (bicyclic) bond motifs is 1. The lowest BCUT2D eigenvalue weighted by atomic mass is 9.48. The molecule has 27 heavy (non-hydrogen) atoms. The zero-order chi connectivity index (χ0) is 18.1. The molecule has 1 heterocycles. The molecule has 0 amide bonds. The van der Waals surface area contributed by atoms with Crippen molar-refractivity contribution in [2.45, 2.75) is 70.8 Å². The van der Waals surface area contributed by atoms with Crippen LogP contribution in [0.2, 0.25) is 5.02 Å². The van der Waals surface area contributed by atoms with Crippen LogP contribution in [0.25, 0.3) is 0 Å². The van der Waals surface area contributed by atoms with Crippen molar-refractivity contribution in [1.82, 2.24) is 0 Å². The van der Waals surface area contributed by atoms with Gasteiger partial charge in [0.05, 0.1) is 11.3 Å². The molecule has 6 rings (SSSR count). The Balaban J connectivity index is 0.00000180. The molecular formula is C23H29Cl2NO. The Hall–Kier alpha value is -0.860. The lowest BCUT2D eigenvalue weighted by molar-refractivity contribution is -0.142. The first-order chi connectivity index (χ1) is 12.3. The van der Waals surface area contributed by atoms with Crippen LogP contribution in [0.4, 0.5) is 0 Å². The highest BCUT2D eigenvalue weighted by Crippen LogP contribution is 2.60. The van der Waals surface area contributed by atoms with E-state index in [0.717, 1.165) is 59.7 Å². The van der Waals surface area contributed by atoms with Gasteiger partial charge in [-0.05, 0) is 99.8 Å². The van der Waals surface area contributed by atoms with Gasteiger partial charge in [0.1, 0.15) is 5.78 Å². The maximum Gasteiger partial charge on any atom is 0.145 e. The lowest BCUT2D eigenvalue weighted by Crippen LogP contribution is -2.50. The van der Waals surface area contributed by atoms with Gasteiger partial charge in [0, 0.05) is 16.9 Å². The van der Waals surface area contributed by atoms with Gasteiger partial charge in [-0.25, -0.2) is 0 Å². The standard InChI is InChI=1S/C23H28ClNO.ClH/c1-22(2)13-17-8-18(24)3-4-19(17)20(25-22)9-21(26)23-10-14-5-15(11-23)7-16(6-14)12-23;/h3-4,8,14-16H,5-7,9-13H2,1-2H3;1H. The predicted octanol–water partition coefficient (Wildman–Crippen LogP) is 6.06. The van der Waals surface area contributed by atoms with Gasteiger partial charge in [-0.3, -0.25) is 9.79 Å². The van der Waals surface area contributed by atoms with E-state index in [2.05, 4.69) is 26.0 Å². The van der Waals surface area contributed by atoms with Crippen LogP contribution in [0.15, 0.2) is 23.2 Å². The monoisotopic (exact) mass is 405 g/mol. The minimum absolute atomic E-state index is 0. The number of carbonyl (C=O) groups excluding carboxylic acids is 1. The molecule has 0 spiro atoms. The predicted molar refractivity (Wildman–Crippen MR) is 113 cm³/mol. The molecule has 4 heteroatoms. The fourth-order valence-electron chi connectivity index (χ4n) is 6.85. The third-order valence-corrected chi connectivity index (χ3v) is 7.63. The molecule has 1 aromatic carbocycles. The van der Waals surface area contributed by atoms with E-state index in [1.54, 1.807) is 0 Å². The Morgan fingerprint density at radius 1 is 1.11 bits per heavy atom. The van der Waals surface area contributed by atoms with Gasteiger partial charge in [-0.15, -0.1) is 12.4 Å². The Bertz CT molecular complexity index is 775. The molecule has 146 valence electrons. The van der Waals surface area contributed by atoms with Gasteiger partial charge in [0.25, 0.3) is 0 Å². The largest absolute Gasteiger partial charge is 0.299 e. The number of nitrogens with zero attached hydrogens (tertiary/aromatic N) is 1. The normalized spacial score (nSPS) is 35.2. The summed E-state index contributed by atoms with van der Waals surface area (Å²) in [7, 11) is 0. The van der Waals surface area contributed by atoms with Crippen molar-refractivity contribution in [3.8, 4) is 0 Å². The second-order valence-corrected chi connectivity index (χ2v) is 10.6. The summed E-state index contributed by atoms with van der Waals surface area (Å²) in [5.74, 6) is 2.89. The molecule has 0 N–H and O–H groups in total. The third-order valence-electron chi connectivity index (χ3n) is 7.40. The number of carbonyl (C=O) groups is 1. The summed E-state index contributed by atoms with van der Waals surface area (Å²) >= 11 is 6.23. The van der Waals surface area contributed by atoms with E-state index >= 15 is 0 Å². The molecule has 4 fully saturated rings. The number of Topliss-reactive ketones (excluding diaryl/α,β-unsaturated/α-hetero) is 1. The van der Waals surface area contributed by atoms with Crippen LogP contribution in [-0.4, -0.2) is 17.0 Å². The summed E-state index contributed by atoms with van der Waals surface area (Å²) < 4.78 is 0. The molecule has 4 aliphatic carbocycles. The van der Waals surface area contributed by atoms with E-state index in [1.165, 1.54) is 24.8 Å². The minimum Gasteiger partial charge on any atom is -0.299 e. The number of halogens is 2. The molecule has 1 aromatic rings. The Morgan fingerprint density at radius 3 is 2.30 bits per heavy atom. The molecule has 0 atom stereocenters. The molecule has 4 saturated carbocycles. The first-order valence-corrected chi connectivity index (χ1v) is 10.6. The molecule has 2 nitrogen and oxygen atoms in total. The summed E-state index contributed by atoms with van der Waals surface area (Å²) in [5.41, 5.74) is 3.19. The van der Waals surface area contributed by atoms with E-state index in [-0.39, 0.29) is 23.4 Å². The second-order valence-electron chi connectivity index (χ2n) is 10.1. The number of rotatable bonds is 3. The highest BCUT2D eigenvalue weighted by Gasteiger charge is 2.54. The van der Waals surface area contributed by atoms with Crippen LogP contribution >= 0.6 is 24.0 Å². The Kier molecular flexibility index (Phi) is 4.75. The van der Waals surface area contributed by atoms with Crippen molar-refractivity contribution in [1.29, 1.82) is 0 Å². The van der Waals surface area contributed by atoms with Crippen LogP contribution in [0.3, 0.4) is 0 Å². The van der Waals surface area contributed by atoms with E-state index < -0.39 is 0 Å². The van der Waals surface area contributed by atoms with Crippen LogP contribution in [-0.2, 0) is 11.2 Å². The average molecular weight is 406 g/mol. The number of benzene rings is 1. The molecule has 0 aromatic heterocycles. The number of aliphatic imine (C=N–C) groups is 1. The highest BCUT2D eigenvalue weighted by molar-refractivity contribution is 6.30.